The maximum Gasteiger partial charge on any atom is 0.317 e. The molecule has 7 heteroatoms. The summed E-state index contributed by atoms with van der Waals surface area (Å²) in [4.78, 5) is 18.7. The number of aromatic nitrogens is 1. The van der Waals surface area contributed by atoms with Crippen molar-refractivity contribution in [3.05, 3.63) is 23.4 Å². The van der Waals surface area contributed by atoms with Gasteiger partial charge in [0.2, 0.25) is 5.88 Å². The summed E-state index contributed by atoms with van der Waals surface area (Å²) in [5.74, 6) is 0.503. The summed E-state index contributed by atoms with van der Waals surface area (Å²) in [6.07, 6.45) is 7.57. The van der Waals surface area contributed by atoms with Crippen LogP contribution in [0.5, 0.6) is 5.88 Å². The number of carbonyl (C=O) groups is 1. The number of likely N-dealkylation sites (tertiary alicyclic amines) is 1. The number of hydrogen-bond acceptors (Lipinski definition) is 4. The Morgan fingerprint density at radius 2 is 2.19 bits per heavy atom. The van der Waals surface area contributed by atoms with E-state index < -0.39 is 0 Å². The lowest BCUT2D eigenvalue weighted by Gasteiger charge is -2.31. The second-order valence-electron chi connectivity index (χ2n) is 7.81. The molecule has 0 aromatic carbocycles. The Balaban J connectivity index is 1.23. The summed E-state index contributed by atoms with van der Waals surface area (Å²) in [6, 6.07) is 3.87. The van der Waals surface area contributed by atoms with Crippen molar-refractivity contribution in [2.45, 2.75) is 50.7 Å². The molecule has 3 heterocycles. The van der Waals surface area contributed by atoms with Crippen LogP contribution in [0.15, 0.2) is 18.3 Å². The van der Waals surface area contributed by atoms with Gasteiger partial charge in [-0.25, -0.2) is 9.78 Å². The van der Waals surface area contributed by atoms with Crippen molar-refractivity contribution in [1.82, 2.24) is 15.2 Å². The van der Waals surface area contributed by atoms with Gasteiger partial charge in [-0.1, -0.05) is 11.6 Å². The van der Waals surface area contributed by atoms with Crippen LogP contribution in [-0.4, -0.2) is 54.4 Å². The Morgan fingerprint density at radius 1 is 1.35 bits per heavy atom. The summed E-state index contributed by atoms with van der Waals surface area (Å²) < 4.78 is 11.5. The Kier molecular flexibility index (Phi) is 5.23. The van der Waals surface area contributed by atoms with Crippen molar-refractivity contribution in [2.75, 3.05) is 26.3 Å². The van der Waals surface area contributed by atoms with E-state index in [1.54, 1.807) is 18.3 Å². The van der Waals surface area contributed by atoms with Crippen LogP contribution < -0.4 is 10.1 Å². The average Bonchev–Trinajstić information content (AvgIpc) is 3.29. The first-order valence-electron chi connectivity index (χ1n) is 9.54. The van der Waals surface area contributed by atoms with E-state index in [4.69, 9.17) is 21.1 Å². The Labute approximate surface area is 159 Å². The molecule has 142 valence electrons. The van der Waals surface area contributed by atoms with E-state index in [1.165, 1.54) is 0 Å². The number of amides is 2. The zero-order valence-corrected chi connectivity index (χ0v) is 15.7. The number of nitrogens with one attached hydrogen (secondary N) is 1. The van der Waals surface area contributed by atoms with E-state index in [0.29, 0.717) is 10.9 Å². The van der Waals surface area contributed by atoms with Crippen molar-refractivity contribution in [2.24, 2.45) is 5.41 Å². The predicted octanol–water partition coefficient (Wildman–Crippen LogP) is 3.25. The van der Waals surface area contributed by atoms with Crippen LogP contribution in [0.25, 0.3) is 0 Å². The quantitative estimate of drug-likeness (QED) is 0.875. The number of hydrogen-bond donors (Lipinski definition) is 1. The van der Waals surface area contributed by atoms with E-state index in [9.17, 15) is 4.79 Å². The van der Waals surface area contributed by atoms with Gasteiger partial charge in [0.25, 0.3) is 0 Å². The summed E-state index contributed by atoms with van der Waals surface area (Å²) in [7, 11) is 0. The number of nitrogens with zero attached hydrogens (tertiary/aromatic N) is 2. The summed E-state index contributed by atoms with van der Waals surface area (Å²) >= 11 is 6.11. The van der Waals surface area contributed by atoms with Crippen LogP contribution in [0, 0.1) is 5.41 Å². The van der Waals surface area contributed by atoms with E-state index in [1.807, 2.05) is 4.90 Å². The second-order valence-corrected chi connectivity index (χ2v) is 8.21. The molecule has 2 saturated heterocycles. The lowest BCUT2D eigenvalue weighted by Crippen LogP contribution is -2.46. The monoisotopic (exact) mass is 379 g/mol. The summed E-state index contributed by atoms with van der Waals surface area (Å²) in [5, 5.41) is 3.76. The Bertz CT molecular complexity index is 643. The van der Waals surface area contributed by atoms with Gasteiger partial charge in [0.1, 0.15) is 11.1 Å². The van der Waals surface area contributed by atoms with Crippen molar-refractivity contribution in [3.8, 4) is 5.88 Å². The molecule has 6 nitrogen and oxygen atoms in total. The van der Waals surface area contributed by atoms with Crippen LogP contribution in [0.4, 0.5) is 4.79 Å². The molecule has 1 N–H and O–H groups in total. The minimum absolute atomic E-state index is 0.0749. The average molecular weight is 380 g/mol. The van der Waals surface area contributed by atoms with Crippen molar-refractivity contribution >= 4 is 17.6 Å². The minimum atomic E-state index is 0.0749. The van der Waals surface area contributed by atoms with Crippen molar-refractivity contribution < 1.29 is 14.3 Å². The fourth-order valence-corrected chi connectivity index (χ4v) is 4.45. The van der Waals surface area contributed by atoms with Gasteiger partial charge in [-0.05, 0) is 50.7 Å². The molecule has 2 aliphatic heterocycles. The predicted molar refractivity (Wildman–Crippen MR) is 98.5 cm³/mol. The van der Waals surface area contributed by atoms with Crippen LogP contribution in [0.1, 0.15) is 38.5 Å². The Morgan fingerprint density at radius 3 is 2.92 bits per heavy atom. The van der Waals surface area contributed by atoms with Crippen LogP contribution in [-0.2, 0) is 4.74 Å². The van der Waals surface area contributed by atoms with E-state index >= 15 is 0 Å². The van der Waals surface area contributed by atoms with Crippen molar-refractivity contribution in [3.63, 3.8) is 0 Å². The molecule has 1 aromatic heterocycles. The first-order valence-corrected chi connectivity index (χ1v) is 9.92. The first-order chi connectivity index (χ1) is 12.6. The maximum absolute atomic E-state index is 12.6. The summed E-state index contributed by atoms with van der Waals surface area (Å²) in [5.41, 5.74) is 0.213. The normalized spacial score (nSPS) is 31.3. The van der Waals surface area contributed by atoms with Gasteiger partial charge in [-0.3, -0.25) is 0 Å². The molecule has 1 atom stereocenters. The minimum Gasteiger partial charge on any atom is -0.473 e. The smallest absolute Gasteiger partial charge is 0.317 e. The standard InChI is InChI=1S/C19H26ClN3O3/c20-16-2-1-9-21-17(16)26-15-5-3-14(4-6-15)22-18(24)23-10-7-19(12-23)8-11-25-13-19/h1-2,9,14-15H,3-8,10-13H2,(H,22,24). The highest BCUT2D eigenvalue weighted by Crippen LogP contribution is 2.38. The van der Waals surface area contributed by atoms with Crippen molar-refractivity contribution in [1.29, 1.82) is 0 Å². The number of carbonyl (C=O) groups excluding carboxylic acids is 1. The molecule has 0 bridgehead atoms. The van der Waals surface area contributed by atoms with Crippen LogP contribution in [0.2, 0.25) is 5.02 Å². The lowest BCUT2D eigenvalue weighted by atomic mass is 9.87. The topological polar surface area (TPSA) is 63.7 Å². The van der Waals surface area contributed by atoms with E-state index in [-0.39, 0.29) is 23.6 Å². The molecule has 2 amide bonds. The molecule has 1 spiro atoms. The third-order valence-electron chi connectivity index (χ3n) is 5.92. The number of rotatable bonds is 3. The van der Waals surface area contributed by atoms with Gasteiger partial charge in [-0.15, -0.1) is 0 Å². The highest BCUT2D eigenvalue weighted by Gasteiger charge is 2.43. The number of halogens is 1. The fraction of sp³-hybridized carbons (Fsp3) is 0.684. The molecular weight excluding hydrogens is 354 g/mol. The largest absolute Gasteiger partial charge is 0.473 e. The molecule has 1 saturated carbocycles. The third-order valence-corrected chi connectivity index (χ3v) is 6.20. The summed E-state index contributed by atoms with van der Waals surface area (Å²) in [6.45, 7) is 3.30. The number of urea groups is 1. The Hall–Kier alpha value is -1.53. The highest BCUT2D eigenvalue weighted by molar-refractivity contribution is 6.31. The second kappa shape index (κ2) is 7.61. The highest BCUT2D eigenvalue weighted by atomic mass is 35.5. The molecule has 1 unspecified atom stereocenters. The van der Waals surface area contributed by atoms with Gasteiger partial charge < -0.3 is 19.7 Å². The SMILES string of the molecule is O=C(NC1CCC(Oc2ncccc2Cl)CC1)N1CCC2(CCOC2)C1. The van der Waals surface area contributed by atoms with Crippen LogP contribution in [0.3, 0.4) is 0 Å². The number of pyridine rings is 1. The lowest BCUT2D eigenvalue weighted by molar-refractivity contribution is 0.130. The van der Waals surface area contributed by atoms with E-state index in [2.05, 4.69) is 10.3 Å². The van der Waals surface area contributed by atoms with Crippen LogP contribution >= 0.6 is 11.6 Å². The molecule has 1 aromatic rings. The van der Waals surface area contributed by atoms with E-state index in [0.717, 1.165) is 64.8 Å². The maximum atomic E-state index is 12.6. The van der Waals surface area contributed by atoms with Gasteiger partial charge >= 0.3 is 6.03 Å². The third kappa shape index (κ3) is 3.91. The van der Waals surface area contributed by atoms with Gasteiger partial charge in [0.05, 0.1) is 6.61 Å². The molecule has 3 fully saturated rings. The van der Waals surface area contributed by atoms with Gasteiger partial charge in [0.15, 0.2) is 0 Å². The molecule has 3 aliphatic rings. The molecule has 0 radical (unpaired) electrons. The zero-order valence-electron chi connectivity index (χ0n) is 15.0. The zero-order chi connectivity index (χ0) is 18.0. The number of ether oxygens (including phenoxy) is 2. The molecule has 1 aliphatic carbocycles. The van der Waals surface area contributed by atoms with Gasteiger partial charge in [-0.2, -0.15) is 0 Å². The molecule has 26 heavy (non-hydrogen) atoms. The molecule has 4 rings (SSSR count). The molecular formula is C19H26ClN3O3. The van der Waals surface area contributed by atoms with Gasteiger partial charge in [0, 0.05) is 37.4 Å². The fourth-order valence-electron chi connectivity index (χ4n) is 4.29. The first kappa shape index (κ1) is 17.9.